The molecule has 0 aliphatic rings. The van der Waals surface area contributed by atoms with Crippen molar-refractivity contribution in [2.75, 3.05) is 54.1 Å². The standard InChI is InChI=1S/C39H72NO7P/c1-6-8-10-12-14-16-17-18-19-20-21-22-23-24-26-28-30-32-39(41)47-38(37-46-48(42,43)45-35-33-40(3,4)5)36-44-34-31-29-27-25-15-13-11-9-7-2/h8,10,14,16,18-19,21-22,38H,6-7,9,11-13,15,17,20,23-37H2,1-5H3/b10-8-,16-14-,19-18-,22-21-. The number of likely N-dealkylation sites (N-methyl/N-ethyl adjacent to an activating group) is 1. The van der Waals surface area contributed by atoms with Crippen LogP contribution in [0.2, 0.25) is 0 Å². The van der Waals surface area contributed by atoms with Gasteiger partial charge in [0.1, 0.15) is 19.3 Å². The number of ether oxygens (including phenoxy) is 2. The van der Waals surface area contributed by atoms with E-state index in [-0.39, 0.29) is 32.2 Å². The van der Waals surface area contributed by atoms with Crippen molar-refractivity contribution in [3.8, 4) is 0 Å². The number of allylic oxidation sites excluding steroid dienone is 8. The van der Waals surface area contributed by atoms with E-state index in [9.17, 15) is 14.3 Å². The van der Waals surface area contributed by atoms with Gasteiger partial charge in [0.2, 0.25) is 0 Å². The summed E-state index contributed by atoms with van der Waals surface area (Å²) in [7, 11) is 1.33. The van der Waals surface area contributed by atoms with Crippen LogP contribution in [0.3, 0.4) is 0 Å². The molecule has 0 aliphatic carbocycles. The second kappa shape index (κ2) is 32.7. The van der Waals surface area contributed by atoms with Crippen LogP contribution in [0.25, 0.3) is 0 Å². The number of quaternary nitrogens is 1. The first-order valence-electron chi connectivity index (χ1n) is 18.9. The maximum absolute atomic E-state index is 12.6. The summed E-state index contributed by atoms with van der Waals surface area (Å²) in [6, 6.07) is 0. The Bertz CT molecular complexity index is 911. The van der Waals surface area contributed by atoms with Crippen molar-refractivity contribution in [1.29, 1.82) is 0 Å². The fourth-order valence-electron chi connectivity index (χ4n) is 4.71. The van der Waals surface area contributed by atoms with Gasteiger partial charge in [0.15, 0.2) is 0 Å². The molecule has 8 nitrogen and oxygen atoms in total. The highest BCUT2D eigenvalue weighted by atomic mass is 31.2. The van der Waals surface area contributed by atoms with Crippen LogP contribution in [0, 0.1) is 0 Å². The van der Waals surface area contributed by atoms with Crippen molar-refractivity contribution >= 4 is 13.8 Å². The van der Waals surface area contributed by atoms with Crippen LogP contribution in [0.15, 0.2) is 48.6 Å². The van der Waals surface area contributed by atoms with Gasteiger partial charge in [-0.25, -0.2) is 0 Å². The van der Waals surface area contributed by atoms with Gasteiger partial charge in [-0.3, -0.25) is 9.36 Å². The Morgan fingerprint density at radius 3 is 1.81 bits per heavy atom. The van der Waals surface area contributed by atoms with Gasteiger partial charge in [0.25, 0.3) is 7.82 Å². The van der Waals surface area contributed by atoms with Crippen LogP contribution in [-0.2, 0) is 27.9 Å². The largest absolute Gasteiger partial charge is 0.756 e. The third-order valence-corrected chi connectivity index (χ3v) is 8.61. The second-order valence-corrected chi connectivity index (χ2v) is 15.0. The summed E-state index contributed by atoms with van der Waals surface area (Å²) in [4.78, 5) is 24.9. The molecule has 0 N–H and O–H groups in total. The minimum Gasteiger partial charge on any atom is -0.756 e. The van der Waals surface area contributed by atoms with Crippen molar-refractivity contribution in [2.24, 2.45) is 0 Å². The normalized spacial score (nSPS) is 14.5. The van der Waals surface area contributed by atoms with E-state index in [2.05, 4.69) is 62.5 Å². The van der Waals surface area contributed by atoms with Gasteiger partial charge >= 0.3 is 5.97 Å². The number of phosphoric ester groups is 1. The van der Waals surface area contributed by atoms with E-state index in [0.717, 1.165) is 70.6 Å². The fraction of sp³-hybridized carbons (Fsp3) is 0.769. The molecular formula is C39H72NO7P. The molecule has 0 spiro atoms. The molecule has 48 heavy (non-hydrogen) atoms. The van der Waals surface area contributed by atoms with Crippen molar-refractivity contribution in [1.82, 2.24) is 0 Å². The summed E-state index contributed by atoms with van der Waals surface area (Å²) in [5, 5.41) is 0. The van der Waals surface area contributed by atoms with Crippen LogP contribution in [0.1, 0.15) is 136 Å². The number of nitrogens with zero attached hydrogens (tertiary/aromatic N) is 1. The van der Waals surface area contributed by atoms with Crippen LogP contribution in [-0.4, -0.2) is 70.7 Å². The highest BCUT2D eigenvalue weighted by Crippen LogP contribution is 2.38. The van der Waals surface area contributed by atoms with Crippen LogP contribution >= 0.6 is 7.82 Å². The highest BCUT2D eigenvalue weighted by Gasteiger charge is 2.20. The van der Waals surface area contributed by atoms with E-state index in [1.165, 1.54) is 44.9 Å². The predicted octanol–water partition coefficient (Wildman–Crippen LogP) is 9.80. The lowest BCUT2D eigenvalue weighted by molar-refractivity contribution is -0.870. The number of phosphoric acid groups is 1. The molecule has 0 aliphatic heterocycles. The molecule has 0 bridgehead atoms. The Kier molecular flexibility index (Phi) is 31.6. The molecule has 280 valence electrons. The fourth-order valence-corrected chi connectivity index (χ4v) is 5.44. The Hall–Kier alpha value is -1.54. The molecule has 0 amide bonds. The number of rotatable bonds is 34. The Morgan fingerprint density at radius 2 is 1.21 bits per heavy atom. The molecule has 2 unspecified atom stereocenters. The zero-order valence-corrected chi connectivity index (χ0v) is 32.3. The smallest absolute Gasteiger partial charge is 0.306 e. The van der Waals surface area contributed by atoms with Gasteiger partial charge in [-0.2, -0.15) is 0 Å². The first-order valence-corrected chi connectivity index (χ1v) is 20.3. The summed E-state index contributed by atoms with van der Waals surface area (Å²) in [6.45, 7) is 5.23. The highest BCUT2D eigenvalue weighted by molar-refractivity contribution is 7.45. The zero-order valence-electron chi connectivity index (χ0n) is 31.4. The zero-order chi connectivity index (χ0) is 35.6. The maximum atomic E-state index is 12.6. The molecule has 0 radical (unpaired) electrons. The first kappa shape index (κ1) is 46.5. The van der Waals surface area contributed by atoms with E-state index in [4.69, 9.17) is 18.5 Å². The Balaban J connectivity index is 4.34. The summed E-state index contributed by atoms with van der Waals surface area (Å²) in [5.74, 6) is -0.360. The van der Waals surface area contributed by atoms with Gasteiger partial charge in [-0.15, -0.1) is 0 Å². The Labute approximate surface area is 295 Å². The van der Waals surface area contributed by atoms with Crippen molar-refractivity contribution in [3.63, 3.8) is 0 Å². The maximum Gasteiger partial charge on any atom is 0.306 e. The number of unbranched alkanes of at least 4 members (excludes halogenated alkanes) is 12. The third-order valence-electron chi connectivity index (χ3n) is 7.64. The van der Waals surface area contributed by atoms with Gasteiger partial charge in [0.05, 0.1) is 34.4 Å². The lowest BCUT2D eigenvalue weighted by Crippen LogP contribution is -2.37. The van der Waals surface area contributed by atoms with Crippen molar-refractivity contribution in [2.45, 2.75) is 142 Å². The summed E-state index contributed by atoms with van der Waals surface area (Å²) >= 11 is 0. The SMILES string of the molecule is CC/C=C\C/C=C\C/C=C\C/C=C\CCCCCCC(=O)OC(COCCCCCCCCCCC)COP(=O)([O-])OCC[N+](C)(C)C. The molecular weight excluding hydrogens is 625 g/mol. The van der Waals surface area contributed by atoms with Crippen molar-refractivity contribution < 1.29 is 37.3 Å². The summed E-state index contributed by atoms with van der Waals surface area (Å²) < 4.78 is 34.3. The lowest BCUT2D eigenvalue weighted by Gasteiger charge is -2.28. The molecule has 0 rings (SSSR count). The van der Waals surface area contributed by atoms with Gasteiger partial charge in [0, 0.05) is 13.0 Å². The molecule has 0 aromatic rings. The number of carbonyl (C=O) groups excluding carboxylic acids is 1. The van der Waals surface area contributed by atoms with Crippen LogP contribution in [0.4, 0.5) is 0 Å². The quantitative estimate of drug-likeness (QED) is 0.0217. The average Bonchev–Trinajstić information content (AvgIpc) is 3.03. The van der Waals surface area contributed by atoms with Crippen molar-refractivity contribution in [3.05, 3.63) is 48.6 Å². The van der Waals surface area contributed by atoms with E-state index in [1.54, 1.807) is 0 Å². The van der Waals surface area contributed by atoms with Crippen LogP contribution in [0.5, 0.6) is 0 Å². The number of esters is 1. The number of hydrogen-bond donors (Lipinski definition) is 0. The first-order chi connectivity index (χ1) is 23.1. The minimum absolute atomic E-state index is 0.0200. The molecule has 0 fully saturated rings. The molecule has 0 aromatic heterocycles. The molecule has 0 aromatic carbocycles. The summed E-state index contributed by atoms with van der Waals surface area (Å²) in [5.41, 5.74) is 0. The Morgan fingerprint density at radius 1 is 0.667 bits per heavy atom. The number of hydrogen-bond acceptors (Lipinski definition) is 7. The summed E-state index contributed by atoms with van der Waals surface area (Å²) in [6.07, 6.45) is 36.9. The average molecular weight is 698 g/mol. The van der Waals surface area contributed by atoms with E-state index in [0.29, 0.717) is 17.6 Å². The van der Waals surface area contributed by atoms with Gasteiger partial charge in [-0.1, -0.05) is 127 Å². The predicted molar refractivity (Wildman–Crippen MR) is 199 cm³/mol. The molecule has 0 saturated carbocycles. The van der Waals surface area contributed by atoms with Gasteiger partial charge in [-0.05, 0) is 51.4 Å². The topological polar surface area (TPSA) is 94.1 Å². The van der Waals surface area contributed by atoms with E-state index < -0.39 is 13.9 Å². The molecule has 0 saturated heterocycles. The molecule has 2 atom stereocenters. The monoisotopic (exact) mass is 698 g/mol. The lowest BCUT2D eigenvalue weighted by atomic mass is 10.1. The number of carbonyl (C=O) groups is 1. The minimum atomic E-state index is -4.52. The van der Waals surface area contributed by atoms with E-state index >= 15 is 0 Å². The third kappa shape index (κ3) is 35.8. The molecule has 9 heteroatoms. The van der Waals surface area contributed by atoms with Gasteiger partial charge < -0.3 is 27.9 Å². The van der Waals surface area contributed by atoms with Crippen LogP contribution < -0.4 is 4.89 Å². The molecule has 0 heterocycles. The van der Waals surface area contributed by atoms with E-state index in [1.807, 2.05) is 21.1 Å². The second-order valence-electron chi connectivity index (χ2n) is 13.6.